The maximum atomic E-state index is 13.5. The van der Waals surface area contributed by atoms with Crippen molar-refractivity contribution in [3.63, 3.8) is 0 Å². The third-order valence-electron chi connectivity index (χ3n) is 5.42. The number of hydrogen-bond donors (Lipinski definition) is 2. The van der Waals surface area contributed by atoms with Gasteiger partial charge in [0.25, 0.3) is 5.91 Å². The lowest BCUT2D eigenvalue weighted by Crippen LogP contribution is -3.09. The van der Waals surface area contributed by atoms with E-state index >= 15 is 0 Å². The first-order chi connectivity index (χ1) is 15.0. The van der Waals surface area contributed by atoms with Crippen molar-refractivity contribution in [2.24, 2.45) is 0 Å². The number of fused-ring (bicyclic) bond motifs is 1. The van der Waals surface area contributed by atoms with Gasteiger partial charge in [0.2, 0.25) is 6.79 Å². The molecule has 0 fully saturated rings. The molecule has 1 unspecified atom stereocenters. The Morgan fingerprint density at radius 2 is 1.84 bits per heavy atom. The lowest BCUT2D eigenvalue weighted by Gasteiger charge is -2.25. The second-order valence-electron chi connectivity index (χ2n) is 7.75. The summed E-state index contributed by atoms with van der Waals surface area (Å²) in [4.78, 5) is 14.5. The van der Waals surface area contributed by atoms with Gasteiger partial charge in [-0.15, -0.1) is 0 Å². The number of nitrogens with one attached hydrogen (secondary N) is 2. The molecule has 0 aromatic heterocycles. The van der Waals surface area contributed by atoms with Crippen molar-refractivity contribution in [3.8, 4) is 17.2 Å². The number of amides is 1. The Hall–Kier alpha value is -3.51. The molecule has 6 nitrogen and oxygen atoms in total. The fraction of sp³-hybridized carbons (Fsp3) is 0.240. The first-order valence-electron chi connectivity index (χ1n) is 10.3. The third-order valence-corrected chi connectivity index (χ3v) is 5.42. The van der Waals surface area contributed by atoms with Crippen molar-refractivity contribution in [2.45, 2.75) is 19.5 Å². The Labute approximate surface area is 182 Å². The molecule has 2 N–H and O–H groups in total. The zero-order valence-electron chi connectivity index (χ0n) is 18.0. The predicted molar refractivity (Wildman–Crippen MR) is 119 cm³/mol. The Morgan fingerprint density at radius 3 is 2.61 bits per heavy atom. The van der Waals surface area contributed by atoms with Gasteiger partial charge in [-0.3, -0.25) is 4.79 Å². The number of quaternary nitrogens is 1. The van der Waals surface area contributed by atoms with Crippen molar-refractivity contribution in [1.29, 1.82) is 0 Å². The number of carbonyl (C=O) groups is 1. The van der Waals surface area contributed by atoms with Crippen LogP contribution in [-0.4, -0.2) is 26.9 Å². The first-order valence-corrected chi connectivity index (χ1v) is 10.3. The molecule has 6 heteroatoms. The van der Waals surface area contributed by atoms with Crippen LogP contribution in [0.1, 0.15) is 22.7 Å². The van der Waals surface area contributed by atoms with Gasteiger partial charge in [-0.25, -0.2) is 0 Å². The number of benzene rings is 3. The highest BCUT2D eigenvalue weighted by atomic mass is 16.7. The number of hydrogen-bond acceptors (Lipinski definition) is 4. The zero-order chi connectivity index (χ0) is 21.8. The average Bonchev–Trinajstić information content (AvgIpc) is 3.23. The van der Waals surface area contributed by atoms with Gasteiger partial charge in [-0.05, 0) is 42.8 Å². The second kappa shape index (κ2) is 9.10. The number of aryl methyl sites for hydroxylation is 1. The molecule has 0 saturated heterocycles. The molecule has 1 aliphatic heterocycles. The van der Waals surface area contributed by atoms with E-state index in [4.69, 9.17) is 14.2 Å². The molecule has 0 saturated carbocycles. The molecule has 1 aliphatic rings. The van der Waals surface area contributed by atoms with Crippen LogP contribution in [0.25, 0.3) is 0 Å². The average molecular weight is 420 g/mol. The van der Waals surface area contributed by atoms with E-state index < -0.39 is 6.04 Å². The van der Waals surface area contributed by atoms with Crippen molar-refractivity contribution in [3.05, 3.63) is 83.4 Å². The van der Waals surface area contributed by atoms with Gasteiger partial charge in [-0.2, -0.15) is 0 Å². The number of ether oxygens (including phenoxy) is 3. The Balaban J connectivity index is 1.60. The standard InChI is InChI=1S/C25H26N2O4/c1-17-9-11-21(29-3)20(13-17)26-25(28)24(19-7-5-4-6-8-19)27(2)15-18-10-12-22-23(14-18)31-16-30-22/h4-14,24H,15-16H2,1-3H3,(H,26,28)/p+1/t24-/m1/s1. The molecule has 0 bridgehead atoms. The summed E-state index contributed by atoms with van der Waals surface area (Å²) in [6, 6.07) is 21.1. The summed E-state index contributed by atoms with van der Waals surface area (Å²) in [5, 5.41) is 3.08. The Kier molecular flexibility index (Phi) is 6.09. The van der Waals surface area contributed by atoms with Crippen LogP contribution in [0.3, 0.4) is 0 Å². The van der Waals surface area contributed by atoms with Crippen LogP contribution in [0.4, 0.5) is 5.69 Å². The van der Waals surface area contributed by atoms with Crippen molar-refractivity contribution in [2.75, 3.05) is 26.3 Å². The molecule has 0 radical (unpaired) electrons. The van der Waals surface area contributed by atoms with E-state index in [-0.39, 0.29) is 12.7 Å². The fourth-order valence-electron chi connectivity index (χ4n) is 3.90. The van der Waals surface area contributed by atoms with Crippen LogP contribution in [0, 0.1) is 6.92 Å². The summed E-state index contributed by atoms with van der Waals surface area (Å²) < 4.78 is 16.3. The fourth-order valence-corrected chi connectivity index (χ4v) is 3.90. The number of rotatable bonds is 7. The summed E-state index contributed by atoms with van der Waals surface area (Å²) in [7, 11) is 3.63. The monoisotopic (exact) mass is 419 g/mol. The molecule has 0 aliphatic carbocycles. The zero-order valence-corrected chi connectivity index (χ0v) is 18.0. The lowest BCUT2D eigenvalue weighted by molar-refractivity contribution is -0.915. The van der Waals surface area contributed by atoms with Crippen LogP contribution in [0.5, 0.6) is 17.2 Å². The van der Waals surface area contributed by atoms with Gasteiger partial charge in [0.1, 0.15) is 12.3 Å². The highest BCUT2D eigenvalue weighted by Gasteiger charge is 2.30. The van der Waals surface area contributed by atoms with E-state index in [2.05, 4.69) is 5.32 Å². The van der Waals surface area contributed by atoms with Gasteiger partial charge >= 0.3 is 0 Å². The summed E-state index contributed by atoms with van der Waals surface area (Å²) in [6.07, 6.45) is 0. The predicted octanol–water partition coefficient (Wildman–Crippen LogP) is 3.13. The molecule has 2 atom stereocenters. The maximum Gasteiger partial charge on any atom is 0.287 e. The topological polar surface area (TPSA) is 61.2 Å². The number of likely N-dealkylation sites (N-methyl/N-ethyl adjacent to an activating group) is 1. The Morgan fingerprint density at radius 1 is 1.06 bits per heavy atom. The van der Waals surface area contributed by atoms with Gasteiger partial charge in [0, 0.05) is 11.1 Å². The molecule has 1 amide bonds. The van der Waals surface area contributed by atoms with Gasteiger partial charge < -0.3 is 24.4 Å². The molecule has 3 aromatic rings. The molecule has 3 aromatic carbocycles. The highest BCUT2D eigenvalue weighted by Crippen LogP contribution is 2.32. The van der Waals surface area contributed by atoms with E-state index in [1.54, 1.807) is 7.11 Å². The summed E-state index contributed by atoms with van der Waals surface area (Å²) in [6.45, 7) is 2.88. The highest BCUT2D eigenvalue weighted by molar-refractivity contribution is 5.96. The van der Waals surface area contributed by atoms with Gasteiger partial charge in [0.15, 0.2) is 17.5 Å². The quantitative estimate of drug-likeness (QED) is 0.618. The summed E-state index contributed by atoms with van der Waals surface area (Å²) >= 11 is 0. The summed E-state index contributed by atoms with van der Waals surface area (Å²) in [5.41, 5.74) is 3.74. The van der Waals surface area contributed by atoms with E-state index in [9.17, 15) is 4.79 Å². The maximum absolute atomic E-state index is 13.5. The van der Waals surface area contributed by atoms with E-state index in [1.165, 1.54) is 0 Å². The molecule has 31 heavy (non-hydrogen) atoms. The molecular formula is C25H27N2O4+. The molecule has 4 rings (SSSR count). The minimum Gasteiger partial charge on any atom is -0.495 e. The van der Waals surface area contributed by atoms with E-state index in [0.717, 1.165) is 33.1 Å². The SMILES string of the molecule is COc1ccc(C)cc1NC(=O)[C@@H](c1ccccc1)[NH+](C)Cc1ccc2c(c1)OCO2. The van der Waals surface area contributed by atoms with Crippen LogP contribution in [-0.2, 0) is 11.3 Å². The molecule has 160 valence electrons. The van der Waals surface area contributed by atoms with E-state index in [0.29, 0.717) is 18.0 Å². The first kappa shape index (κ1) is 20.8. The summed E-state index contributed by atoms with van der Waals surface area (Å²) in [5.74, 6) is 2.05. The van der Waals surface area contributed by atoms with Crippen LogP contribution >= 0.6 is 0 Å². The second-order valence-corrected chi connectivity index (χ2v) is 7.75. The largest absolute Gasteiger partial charge is 0.495 e. The van der Waals surface area contributed by atoms with Crippen molar-refractivity contribution < 1.29 is 23.9 Å². The number of methoxy groups -OCH3 is 1. The van der Waals surface area contributed by atoms with Gasteiger partial charge in [-0.1, -0.05) is 36.4 Å². The number of carbonyl (C=O) groups excluding carboxylic acids is 1. The molecule has 0 spiro atoms. The van der Waals surface area contributed by atoms with Crippen LogP contribution in [0.2, 0.25) is 0 Å². The lowest BCUT2D eigenvalue weighted by atomic mass is 10.0. The molecule has 1 heterocycles. The van der Waals surface area contributed by atoms with Gasteiger partial charge in [0.05, 0.1) is 19.8 Å². The normalized spacial score (nSPS) is 14.0. The van der Waals surface area contributed by atoms with Crippen LogP contribution < -0.4 is 24.4 Å². The molecular weight excluding hydrogens is 392 g/mol. The third kappa shape index (κ3) is 4.64. The van der Waals surface area contributed by atoms with Crippen molar-refractivity contribution in [1.82, 2.24) is 0 Å². The van der Waals surface area contributed by atoms with Crippen LogP contribution in [0.15, 0.2) is 66.7 Å². The van der Waals surface area contributed by atoms with E-state index in [1.807, 2.05) is 80.7 Å². The number of anilines is 1. The Bertz CT molecular complexity index is 1070. The smallest absolute Gasteiger partial charge is 0.287 e. The van der Waals surface area contributed by atoms with Crippen molar-refractivity contribution >= 4 is 11.6 Å². The minimum atomic E-state index is -0.406. The minimum absolute atomic E-state index is 0.0895.